The molecule has 0 unspecified atom stereocenters. The normalized spacial score (nSPS) is 9.80. The number of nitrogen functional groups attached to an aromatic ring is 1. The molecular formula is C7H11N3. The number of hydrogen-bond donors (Lipinski definition) is 1. The number of anilines is 1. The largest absolute Gasteiger partial charge is 0.382 e. The highest BCUT2D eigenvalue weighted by atomic mass is 15.3. The van der Waals surface area contributed by atoms with Crippen LogP contribution in [0, 0.1) is 6.92 Å². The Morgan fingerprint density at radius 2 is 2.30 bits per heavy atom. The summed E-state index contributed by atoms with van der Waals surface area (Å²) >= 11 is 0. The van der Waals surface area contributed by atoms with E-state index in [2.05, 4.69) is 11.7 Å². The Morgan fingerprint density at radius 3 is 2.50 bits per heavy atom. The molecule has 0 amide bonds. The molecule has 0 atom stereocenters. The summed E-state index contributed by atoms with van der Waals surface area (Å²) in [5.41, 5.74) is 7.52. The first kappa shape index (κ1) is 6.86. The summed E-state index contributed by atoms with van der Waals surface area (Å²) in [6.07, 6.45) is 1.75. The SMILES string of the molecule is C=Cc1c(C)c(N)nn1C. The average Bonchev–Trinajstić information content (AvgIpc) is 2.09. The molecule has 0 aliphatic carbocycles. The minimum absolute atomic E-state index is 0.581. The van der Waals surface area contributed by atoms with Gasteiger partial charge in [-0.15, -0.1) is 0 Å². The van der Waals surface area contributed by atoms with Gasteiger partial charge in [0.2, 0.25) is 0 Å². The van der Waals surface area contributed by atoms with Crippen LogP contribution in [0.5, 0.6) is 0 Å². The van der Waals surface area contributed by atoms with E-state index in [-0.39, 0.29) is 0 Å². The highest BCUT2D eigenvalue weighted by molar-refractivity contribution is 5.55. The van der Waals surface area contributed by atoms with Crippen molar-refractivity contribution in [3.8, 4) is 0 Å². The molecule has 0 fully saturated rings. The van der Waals surface area contributed by atoms with Gasteiger partial charge in [-0.1, -0.05) is 6.58 Å². The van der Waals surface area contributed by atoms with Gasteiger partial charge in [-0.05, 0) is 13.0 Å². The van der Waals surface area contributed by atoms with Gasteiger partial charge in [0.15, 0.2) is 0 Å². The van der Waals surface area contributed by atoms with Crippen molar-refractivity contribution in [1.82, 2.24) is 9.78 Å². The molecule has 1 heterocycles. The van der Waals surface area contributed by atoms with Crippen LogP contribution in [0.2, 0.25) is 0 Å². The van der Waals surface area contributed by atoms with Crippen LogP contribution in [0.3, 0.4) is 0 Å². The van der Waals surface area contributed by atoms with Crippen LogP contribution < -0.4 is 5.73 Å². The van der Waals surface area contributed by atoms with Crippen LogP contribution in [0.1, 0.15) is 11.3 Å². The van der Waals surface area contributed by atoms with Crippen molar-refractivity contribution in [3.63, 3.8) is 0 Å². The van der Waals surface area contributed by atoms with E-state index in [4.69, 9.17) is 5.73 Å². The summed E-state index contributed by atoms with van der Waals surface area (Å²) in [4.78, 5) is 0. The molecule has 1 aromatic rings. The Labute approximate surface area is 60.1 Å². The summed E-state index contributed by atoms with van der Waals surface area (Å²) in [6, 6.07) is 0. The molecule has 0 aliphatic rings. The summed E-state index contributed by atoms with van der Waals surface area (Å²) < 4.78 is 1.72. The van der Waals surface area contributed by atoms with Crippen LogP contribution in [0.15, 0.2) is 6.58 Å². The molecule has 0 bridgehead atoms. The Morgan fingerprint density at radius 1 is 1.70 bits per heavy atom. The standard InChI is InChI=1S/C7H11N3/c1-4-6-5(2)7(8)9-10(6)3/h4H,1H2,2-3H3,(H2,8,9). The van der Waals surface area contributed by atoms with Gasteiger partial charge in [-0.2, -0.15) is 5.10 Å². The van der Waals surface area contributed by atoms with Gasteiger partial charge in [0.25, 0.3) is 0 Å². The number of hydrogen-bond acceptors (Lipinski definition) is 2. The maximum absolute atomic E-state index is 5.54. The molecule has 0 aromatic carbocycles. The van der Waals surface area contributed by atoms with Crippen molar-refractivity contribution in [1.29, 1.82) is 0 Å². The van der Waals surface area contributed by atoms with Crippen molar-refractivity contribution < 1.29 is 0 Å². The lowest BCUT2D eigenvalue weighted by molar-refractivity contribution is 0.763. The summed E-state index contributed by atoms with van der Waals surface area (Å²) in [5.74, 6) is 0.581. The average molecular weight is 137 g/mol. The second kappa shape index (κ2) is 2.17. The first-order valence-corrected chi connectivity index (χ1v) is 3.08. The lowest BCUT2D eigenvalue weighted by Gasteiger charge is -1.92. The highest BCUT2D eigenvalue weighted by Crippen LogP contribution is 2.13. The first-order valence-electron chi connectivity index (χ1n) is 3.08. The van der Waals surface area contributed by atoms with E-state index in [1.807, 2.05) is 14.0 Å². The minimum atomic E-state index is 0.581. The topological polar surface area (TPSA) is 43.8 Å². The lowest BCUT2D eigenvalue weighted by Crippen LogP contribution is -1.93. The van der Waals surface area contributed by atoms with E-state index in [1.165, 1.54) is 0 Å². The van der Waals surface area contributed by atoms with Gasteiger partial charge in [0.05, 0.1) is 5.69 Å². The van der Waals surface area contributed by atoms with E-state index in [0.717, 1.165) is 11.3 Å². The van der Waals surface area contributed by atoms with Gasteiger partial charge >= 0.3 is 0 Å². The highest BCUT2D eigenvalue weighted by Gasteiger charge is 2.04. The molecule has 2 N–H and O–H groups in total. The number of aromatic nitrogens is 2. The van der Waals surface area contributed by atoms with E-state index < -0.39 is 0 Å². The number of aryl methyl sites for hydroxylation is 1. The van der Waals surface area contributed by atoms with Crippen LogP contribution in [-0.2, 0) is 7.05 Å². The molecule has 1 aromatic heterocycles. The molecule has 3 heteroatoms. The molecular weight excluding hydrogens is 126 g/mol. The maximum atomic E-state index is 5.54. The van der Waals surface area contributed by atoms with Crippen LogP contribution in [0.4, 0.5) is 5.82 Å². The molecule has 3 nitrogen and oxygen atoms in total. The molecule has 10 heavy (non-hydrogen) atoms. The van der Waals surface area contributed by atoms with Crippen molar-refractivity contribution in [2.45, 2.75) is 6.92 Å². The molecule has 0 saturated carbocycles. The third-order valence-corrected chi connectivity index (χ3v) is 1.57. The fraction of sp³-hybridized carbons (Fsp3) is 0.286. The van der Waals surface area contributed by atoms with Gasteiger partial charge in [0.1, 0.15) is 5.82 Å². The monoisotopic (exact) mass is 137 g/mol. The van der Waals surface area contributed by atoms with Crippen LogP contribution in [0.25, 0.3) is 6.08 Å². The Kier molecular flexibility index (Phi) is 1.49. The molecule has 54 valence electrons. The quantitative estimate of drug-likeness (QED) is 0.626. The lowest BCUT2D eigenvalue weighted by atomic mass is 10.2. The van der Waals surface area contributed by atoms with Crippen molar-refractivity contribution in [3.05, 3.63) is 17.8 Å². The fourth-order valence-electron chi connectivity index (χ4n) is 0.950. The number of nitrogens with zero attached hydrogens (tertiary/aromatic N) is 2. The fourth-order valence-corrected chi connectivity index (χ4v) is 0.950. The molecule has 0 spiro atoms. The van der Waals surface area contributed by atoms with Gasteiger partial charge in [-0.25, -0.2) is 0 Å². The summed E-state index contributed by atoms with van der Waals surface area (Å²) in [7, 11) is 1.85. The third kappa shape index (κ3) is 0.795. The van der Waals surface area contributed by atoms with Crippen LogP contribution in [-0.4, -0.2) is 9.78 Å². The Hall–Kier alpha value is -1.25. The Bertz CT molecular complexity index is 260. The second-order valence-electron chi connectivity index (χ2n) is 2.22. The zero-order chi connectivity index (χ0) is 7.72. The predicted octanol–water partition coefficient (Wildman–Crippen LogP) is 0.954. The van der Waals surface area contributed by atoms with E-state index in [0.29, 0.717) is 5.82 Å². The molecule has 0 saturated heterocycles. The zero-order valence-corrected chi connectivity index (χ0v) is 6.26. The zero-order valence-electron chi connectivity index (χ0n) is 6.26. The molecule has 0 radical (unpaired) electrons. The predicted molar refractivity (Wildman–Crippen MR) is 42.4 cm³/mol. The molecule has 0 aliphatic heterocycles. The smallest absolute Gasteiger partial charge is 0.148 e. The van der Waals surface area contributed by atoms with Crippen LogP contribution >= 0.6 is 0 Å². The van der Waals surface area contributed by atoms with Crippen molar-refractivity contribution in [2.75, 3.05) is 5.73 Å². The van der Waals surface area contributed by atoms with Gasteiger partial charge in [-0.3, -0.25) is 4.68 Å². The first-order chi connectivity index (χ1) is 4.66. The van der Waals surface area contributed by atoms with E-state index in [1.54, 1.807) is 10.8 Å². The minimum Gasteiger partial charge on any atom is -0.382 e. The second-order valence-corrected chi connectivity index (χ2v) is 2.22. The van der Waals surface area contributed by atoms with Crippen molar-refractivity contribution in [2.24, 2.45) is 7.05 Å². The van der Waals surface area contributed by atoms with Gasteiger partial charge < -0.3 is 5.73 Å². The number of rotatable bonds is 1. The summed E-state index contributed by atoms with van der Waals surface area (Å²) in [6.45, 7) is 5.58. The van der Waals surface area contributed by atoms with Gasteiger partial charge in [0, 0.05) is 12.6 Å². The maximum Gasteiger partial charge on any atom is 0.148 e. The molecule has 1 rings (SSSR count). The van der Waals surface area contributed by atoms with E-state index in [9.17, 15) is 0 Å². The Balaban J connectivity index is 3.33. The van der Waals surface area contributed by atoms with Crippen molar-refractivity contribution >= 4 is 11.9 Å². The number of nitrogens with two attached hydrogens (primary N) is 1. The third-order valence-electron chi connectivity index (χ3n) is 1.57. The summed E-state index contributed by atoms with van der Waals surface area (Å²) in [5, 5.41) is 4.00. The van der Waals surface area contributed by atoms with E-state index >= 15 is 0 Å².